The van der Waals surface area contributed by atoms with Gasteiger partial charge in [0.1, 0.15) is 12.2 Å². The van der Waals surface area contributed by atoms with Gasteiger partial charge in [-0.2, -0.15) is 0 Å². The zero-order chi connectivity index (χ0) is 7.40. The van der Waals surface area contributed by atoms with E-state index < -0.39 is 0 Å². The molecule has 0 bridgehead atoms. The van der Waals surface area contributed by atoms with E-state index >= 15 is 0 Å². The van der Waals surface area contributed by atoms with Crippen LogP contribution in [0.5, 0.6) is 0 Å². The number of aliphatic hydroxyl groups excluding tert-OH is 1. The molecule has 0 saturated heterocycles. The summed E-state index contributed by atoms with van der Waals surface area (Å²) in [4.78, 5) is 0. The van der Waals surface area contributed by atoms with Crippen LogP contribution in [0.1, 0.15) is 12.2 Å². The Hall–Kier alpha value is -0.900. The van der Waals surface area contributed by atoms with E-state index in [4.69, 9.17) is 5.11 Å². The monoisotopic (exact) mass is 141 g/mol. The van der Waals surface area contributed by atoms with Crippen LogP contribution in [0, 0.1) is 0 Å². The largest absolute Gasteiger partial charge is 0.396 e. The van der Waals surface area contributed by atoms with Crippen LogP contribution in [0.15, 0.2) is 6.33 Å². The number of aryl methyl sites for hydroxylation is 2. The van der Waals surface area contributed by atoms with Crippen molar-refractivity contribution in [1.82, 2.24) is 14.8 Å². The summed E-state index contributed by atoms with van der Waals surface area (Å²) in [7, 11) is 1.90. The molecular formula is C6H11N3O. The maximum absolute atomic E-state index is 8.50. The minimum Gasteiger partial charge on any atom is -0.396 e. The highest BCUT2D eigenvalue weighted by atomic mass is 16.2. The second-order valence-electron chi connectivity index (χ2n) is 2.19. The molecule has 0 radical (unpaired) electrons. The molecular weight excluding hydrogens is 130 g/mol. The Morgan fingerprint density at radius 3 is 3.00 bits per heavy atom. The van der Waals surface area contributed by atoms with Crippen molar-refractivity contribution in [3.63, 3.8) is 0 Å². The van der Waals surface area contributed by atoms with Crippen LogP contribution in [0.25, 0.3) is 0 Å². The van der Waals surface area contributed by atoms with Gasteiger partial charge in [-0.25, -0.2) is 0 Å². The number of aromatic nitrogens is 3. The van der Waals surface area contributed by atoms with Crippen LogP contribution in [-0.4, -0.2) is 26.5 Å². The topological polar surface area (TPSA) is 50.9 Å². The molecule has 0 aliphatic rings. The van der Waals surface area contributed by atoms with E-state index in [1.54, 1.807) is 6.33 Å². The molecule has 1 aromatic rings. The quantitative estimate of drug-likeness (QED) is 0.631. The Bertz CT molecular complexity index is 197. The van der Waals surface area contributed by atoms with Gasteiger partial charge in [0.2, 0.25) is 0 Å². The van der Waals surface area contributed by atoms with Crippen molar-refractivity contribution < 1.29 is 5.11 Å². The predicted octanol–water partition coefficient (Wildman–Crippen LogP) is -0.260. The minimum absolute atomic E-state index is 0.215. The minimum atomic E-state index is 0.215. The average molecular weight is 141 g/mol. The summed E-state index contributed by atoms with van der Waals surface area (Å²) in [5.74, 6) is 0.925. The van der Waals surface area contributed by atoms with Gasteiger partial charge in [-0.05, 0) is 6.42 Å². The van der Waals surface area contributed by atoms with Crippen molar-refractivity contribution in [3.8, 4) is 0 Å². The molecule has 1 rings (SSSR count). The molecule has 0 amide bonds. The van der Waals surface area contributed by atoms with Gasteiger partial charge in [-0.3, -0.25) is 0 Å². The van der Waals surface area contributed by atoms with Crippen molar-refractivity contribution in [3.05, 3.63) is 12.2 Å². The first-order valence-corrected chi connectivity index (χ1v) is 3.28. The predicted molar refractivity (Wildman–Crippen MR) is 36.4 cm³/mol. The number of aliphatic hydroxyl groups is 1. The van der Waals surface area contributed by atoms with Gasteiger partial charge in [0, 0.05) is 20.1 Å². The van der Waals surface area contributed by atoms with E-state index in [1.807, 2.05) is 11.6 Å². The van der Waals surface area contributed by atoms with Crippen LogP contribution in [0.2, 0.25) is 0 Å². The third-order valence-electron chi connectivity index (χ3n) is 1.36. The summed E-state index contributed by atoms with van der Waals surface area (Å²) >= 11 is 0. The Balaban J connectivity index is 2.49. The highest BCUT2D eigenvalue weighted by molar-refractivity contribution is 4.83. The zero-order valence-electron chi connectivity index (χ0n) is 5.99. The SMILES string of the molecule is Cn1cnnc1CCCO. The molecule has 0 aromatic carbocycles. The van der Waals surface area contributed by atoms with Crippen molar-refractivity contribution in [2.24, 2.45) is 7.05 Å². The lowest BCUT2D eigenvalue weighted by Gasteiger charge is -1.95. The standard InChI is InChI=1S/C6H11N3O/c1-9-5-7-8-6(9)3-2-4-10/h5,10H,2-4H2,1H3. The Morgan fingerprint density at radius 1 is 1.70 bits per heavy atom. The van der Waals surface area contributed by atoms with Gasteiger partial charge < -0.3 is 9.67 Å². The highest BCUT2D eigenvalue weighted by Gasteiger charge is 1.97. The summed E-state index contributed by atoms with van der Waals surface area (Å²) < 4.78 is 1.86. The van der Waals surface area contributed by atoms with Gasteiger partial charge in [-0.1, -0.05) is 0 Å². The second-order valence-corrected chi connectivity index (χ2v) is 2.19. The van der Waals surface area contributed by atoms with Gasteiger partial charge in [-0.15, -0.1) is 10.2 Å². The normalized spacial score (nSPS) is 10.2. The highest BCUT2D eigenvalue weighted by Crippen LogP contribution is 1.94. The molecule has 0 aliphatic carbocycles. The third-order valence-corrected chi connectivity index (χ3v) is 1.36. The molecule has 1 heterocycles. The summed E-state index contributed by atoms with van der Waals surface area (Å²) in [5.41, 5.74) is 0. The number of hydrogen-bond acceptors (Lipinski definition) is 3. The maximum atomic E-state index is 8.50. The van der Waals surface area contributed by atoms with Crippen molar-refractivity contribution >= 4 is 0 Å². The van der Waals surface area contributed by atoms with Crippen LogP contribution >= 0.6 is 0 Å². The zero-order valence-corrected chi connectivity index (χ0v) is 5.99. The lowest BCUT2D eigenvalue weighted by Crippen LogP contribution is -1.98. The average Bonchev–Trinajstić information content (AvgIpc) is 2.31. The molecule has 0 atom stereocenters. The van der Waals surface area contributed by atoms with E-state index in [-0.39, 0.29) is 6.61 Å². The molecule has 0 saturated carbocycles. The summed E-state index contributed by atoms with van der Waals surface area (Å²) in [6.07, 6.45) is 3.21. The molecule has 0 spiro atoms. The number of hydrogen-bond donors (Lipinski definition) is 1. The molecule has 1 aromatic heterocycles. The lowest BCUT2D eigenvalue weighted by atomic mass is 10.3. The van der Waals surface area contributed by atoms with E-state index in [0.717, 1.165) is 18.7 Å². The third kappa shape index (κ3) is 1.54. The van der Waals surface area contributed by atoms with Gasteiger partial charge >= 0.3 is 0 Å². The first kappa shape index (κ1) is 7.21. The smallest absolute Gasteiger partial charge is 0.132 e. The Kier molecular flexibility index (Phi) is 2.39. The fourth-order valence-corrected chi connectivity index (χ4v) is 0.771. The summed E-state index contributed by atoms with van der Waals surface area (Å²) in [5, 5.41) is 16.1. The number of rotatable bonds is 3. The molecule has 0 aliphatic heterocycles. The molecule has 0 unspecified atom stereocenters. The lowest BCUT2D eigenvalue weighted by molar-refractivity contribution is 0.287. The molecule has 1 N–H and O–H groups in total. The Morgan fingerprint density at radius 2 is 2.50 bits per heavy atom. The van der Waals surface area contributed by atoms with E-state index in [2.05, 4.69) is 10.2 Å². The van der Waals surface area contributed by atoms with E-state index in [1.165, 1.54) is 0 Å². The van der Waals surface area contributed by atoms with E-state index in [0.29, 0.717) is 0 Å². The van der Waals surface area contributed by atoms with Crippen LogP contribution in [-0.2, 0) is 13.5 Å². The van der Waals surface area contributed by atoms with Crippen LogP contribution in [0.3, 0.4) is 0 Å². The van der Waals surface area contributed by atoms with E-state index in [9.17, 15) is 0 Å². The fourth-order valence-electron chi connectivity index (χ4n) is 0.771. The molecule has 4 nitrogen and oxygen atoms in total. The first-order chi connectivity index (χ1) is 4.84. The molecule has 4 heteroatoms. The molecule has 56 valence electrons. The Labute approximate surface area is 59.5 Å². The first-order valence-electron chi connectivity index (χ1n) is 3.28. The summed E-state index contributed by atoms with van der Waals surface area (Å²) in [6, 6.07) is 0. The van der Waals surface area contributed by atoms with Crippen LogP contribution < -0.4 is 0 Å². The molecule has 0 fully saturated rings. The maximum Gasteiger partial charge on any atom is 0.132 e. The van der Waals surface area contributed by atoms with Gasteiger partial charge in [0.25, 0.3) is 0 Å². The van der Waals surface area contributed by atoms with Gasteiger partial charge in [0.15, 0.2) is 0 Å². The van der Waals surface area contributed by atoms with Gasteiger partial charge in [0.05, 0.1) is 0 Å². The number of nitrogens with zero attached hydrogens (tertiary/aromatic N) is 3. The van der Waals surface area contributed by atoms with Crippen molar-refractivity contribution in [2.75, 3.05) is 6.61 Å². The van der Waals surface area contributed by atoms with Crippen LogP contribution in [0.4, 0.5) is 0 Å². The second kappa shape index (κ2) is 3.31. The fraction of sp³-hybridized carbons (Fsp3) is 0.667. The van der Waals surface area contributed by atoms with Crippen molar-refractivity contribution in [2.45, 2.75) is 12.8 Å². The summed E-state index contributed by atoms with van der Waals surface area (Å²) in [6.45, 7) is 0.215. The molecule has 10 heavy (non-hydrogen) atoms. The van der Waals surface area contributed by atoms with Crippen molar-refractivity contribution in [1.29, 1.82) is 0 Å².